The third-order valence-corrected chi connectivity index (χ3v) is 6.40. The standard InChI is InChI=1S/C24H30N4O6/c1-12(2)25-24(32)34-14-5-4-13(6-14)20-10-22(28-27-20)26-23(31)18-9-17(18)16-7-15(33-3)8-21(30)19(16)11-29/h7-8,10-14,17-18,30H,4-6,9H2,1-3H3,(H,25,32)(H2,26,27,28,31)/t13-,14+,17-,18+/m0/s1. The number of nitrogens with one attached hydrogen (secondary N) is 3. The molecule has 0 saturated heterocycles. The van der Waals surface area contributed by atoms with Gasteiger partial charge in [-0.1, -0.05) is 0 Å². The van der Waals surface area contributed by atoms with Crippen molar-refractivity contribution in [2.45, 2.75) is 63.5 Å². The van der Waals surface area contributed by atoms with Crippen LogP contribution in [0.5, 0.6) is 11.5 Å². The molecule has 1 heterocycles. The zero-order valence-electron chi connectivity index (χ0n) is 19.5. The number of benzene rings is 1. The van der Waals surface area contributed by atoms with Crippen molar-refractivity contribution in [1.29, 1.82) is 0 Å². The van der Waals surface area contributed by atoms with Gasteiger partial charge in [0.15, 0.2) is 12.1 Å². The zero-order chi connectivity index (χ0) is 24.4. The molecule has 1 aromatic carbocycles. The van der Waals surface area contributed by atoms with Crippen molar-refractivity contribution in [1.82, 2.24) is 15.5 Å². The molecule has 0 bridgehead atoms. The number of carbonyl (C=O) groups is 3. The first-order valence-corrected chi connectivity index (χ1v) is 11.5. The molecule has 34 heavy (non-hydrogen) atoms. The second-order valence-electron chi connectivity index (χ2n) is 9.25. The number of methoxy groups -OCH3 is 1. The molecule has 2 saturated carbocycles. The normalized spacial score (nSPS) is 23.4. The van der Waals surface area contributed by atoms with Crippen LogP contribution >= 0.6 is 0 Å². The van der Waals surface area contributed by atoms with Gasteiger partial charge in [0.25, 0.3) is 0 Å². The van der Waals surface area contributed by atoms with E-state index >= 15 is 0 Å². The van der Waals surface area contributed by atoms with Gasteiger partial charge in [-0.3, -0.25) is 14.7 Å². The van der Waals surface area contributed by atoms with Crippen LogP contribution in [-0.2, 0) is 9.53 Å². The lowest BCUT2D eigenvalue weighted by Crippen LogP contribution is -2.33. The summed E-state index contributed by atoms with van der Waals surface area (Å²) in [5, 5.41) is 22.9. The van der Waals surface area contributed by atoms with Crippen molar-refractivity contribution in [3.63, 3.8) is 0 Å². The third-order valence-electron chi connectivity index (χ3n) is 6.40. The fraction of sp³-hybridized carbons (Fsp3) is 0.500. The van der Waals surface area contributed by atoms with Gasteiger partial charge in [0.1, 0.15) is 17.6 Å². The third kappa shape index (κ3) is 5.16. The molecule has 0 unspecified atom stereocenters. The van der Waals surface area contributed by atoms with E-state index in [1.165, 1.54) is 13.2 Å². The van der Waals surface area contributed by atoms with Gasteiger partial charge in [-0.15, -0.1) is 0 Å². The lowest BCUT2D eigenvalue weighted by Gasteiger charge is -2.14. The molecule has 4 N–H and O–H groups in total. The minimum absolute atomic E-state index is 0.0224. The van der Waals surface area contributed by atoms with E-state index in [9.17, 15) is 19.5 Å². The molecule has 2 aromatic rings. The Morgan fingerprint density at radius 2 is 2.03 bits per heavy atom. The predicted octanol–water partition coefficient (Wildman–Crippen LogP) is 3.45. The van der Waals surface area contributed by atoms with Crippen LogP contribution in [0.1, 0.15) is 73.0 Å². The van der Waals surface area contributed by atoms with Crippen molar-refractivity contribution in [2.24, 2.45) is 5.92 Å². The largest absolute Gasteiger partial charge is 0.507 e. The van der Waals surface area contributed by atoms with Crippen molar-refractivity contribution < 1.29 is 29.0 Å². The molecule has 0 radical (unpaired) electrons. The molecule has 0 spiro atoms. The molecule has 2 fully saturated rings. The van der Waals surface area contributed by atoms with E-state index < -0.39 is 6.09 Å². The van der Waals surface area contributed by atoms with Crippen LogP contribution in [0, 0.1) is 5.92 Å². The molecule has 4 atom stereocenters. The number of H-pyrrole nitrogens is 1. The topological polar surface area (TPSA) is 143 Å². The first-order valence-electron chi connectivity index (χ1n) is 11.5. The Morgan fingerprint density at radius 1 is 1.24 bits per heavy atom. The quantitative estimate of drug-likeness (QED) is 0.433. The summed E-state index contributed by atoms with van der Waals surface area (Å²) in [6.45, 7) is 3.76. The number of rotatable bonds is 8. The molecular weight excluding hydrogens is 440 g/mol. The Balaban J connectivity index is 1.33. The fourth-order valence-corrected chi connectivity index (χ4v) is 4.59. The van der Waals surface area contributed by atoms with Crippen molar-refractivity contribution >= 4 is 24.1 Å². The average molecular weight is 471 g/mol. The van der Waals surface area contributed by atoms with Crippen LogP contribution in [0.4, 0.5) is 10.6 Å². The summed E-state index contributed by atoms with van der Waals surface area (Å²) in [7, 11) is 1.48. The van der Waals surface area contributed by atoms with E-state index in [1.54, 1.807) is 6.07 Å². The van der Waals surface area contributed by atoms with Crippen LogP contribution in [0.2, 0.25) is 0 Å². The van der Waals surface area contributed by atoms with E-state index in [1.807, 2.05) is 19.9 Å². The summed E-state index contributed by atoms with van der Waals surface area (Å²) in [4.78, 5) is 36.1. The number of phenols is 1. The monoisotopic (exact) mass is 470 g/mol. The Labute approximate surface area is 197 Å². The molecule has 10 nitrogen and oxygen atoms in total. The van der Waals surface area contributed by atoms with E-state index in [-0.39, 0.29) is 47.1 Å². The number of hydrogen-bond acceptors (Lipinski definition) is 7. The first-order chi connectivity index (χ1) is 16.3. The molecule has 10 heteroatoms. The number of aromatic nitrogens is 2. The summed E-state index contributed by atoms with van der Waals surface area (Å²) in [6, 6.07) is 4.90. The highest BCUT2D eigenvalue weighted by Crippen LogP contribution is 2.51. The Hall–Kier alpha value is -3.56. The van der Waals surface area contributed by atoms with E-state index in [2.05, 4.69) is 20.8 Å². The molecule has 2 amide bonds. The van der Waals surface area contributed by atoms with Crippen molar-refractivity contribution in [2.75, 3.05) is 12.4 Å². The van der Waals surface area contributed by atoms with Crippen LogP contribution in [0.15, 0.2) is 18.2 Å². The molecular formula is C24H30N4O6. The van der Waals surface area contributed by atoms with Crippen molar-refractivity contribution in [3.8, 4) is 11.5 Å². The van der Waals surface area contributed by atoms with Gasteiger partial charge in [0.05, 0.1) is 12.7 Å². The summed E-state index contributed by atoms with van der Waals surface area (Å²) in [6.07, 6.45) is 2.93. The number of alkyl carbamates (subject to hydrolysis) is 1. The maximum Gasteiger partial charge on any atom is 0.407 e. The highest BCUT2D eigenvalue weighted by Gasteiger charge is 2.46. The SMILES string of the molecule is COc1cc(O)c(C=O)c([C@@H]2C[C@H]2C(=O)Nc2cc([C@H]3CC[C@@H](OC(=O)NC(C)C)C3)[nH]n2)c1. The number of ether oxygens (including phenoxy) is 2. The predicted molar refractivity (Wildman–Crippen MR) is 123 cm³/mol. The number of amides is 2. The van der Waals surface area contributed by atoms with E-state index in [0.717, 1.165) is 18.5 Å². The lowest BCUT2D eigenvalue weighted by atomic mass is 10.0. The Bertz CT molecular complexity index is 1080. The number of nitrogens with zero attached hydrogens (tertiary/aromatic N) is 1. The van der Waals surface area contributed by atoms with Crippen LogP contribution in [0.25, 0.3) is 0 Å². The maximum absolute atomic E-state index is 12.8. The number of carbonyl (C=O) groups excluding carboxylic acids is 3. The molecule has 2 aliphatic carbocycles. The number of aromatic amines is 1. The summed E-state index contributed by atoms with van der Waals surface area (Å²) in [5.74, 6) is 0.170. The molecule has 1 aromatic heterocycles. The highest BCUT2D eigenvalue weighted by molar-refractivity contribution is 5.95. The smallest absolute Gasteiger partial charge is 0.407 e. The van der Waals surface area contributed by atoms with Gasteiger partial charge >= 0.3 is 6.09 Å². The van der Waals surface area contributed by atoms with E-state index in [0.29, 0.717) is 36.3 Å². The summed E-state index contributed by atoms with van der Waals surface area (Å²) in [5.41, 5.74) is 1.68. The maximum atomic E-state index is 12.8. The van der Waals surface area contributed by atoms with Crippen LogP contribution < -0.4 is 15.4 Å². The van der Waals surface area contributed by atoms with Gasteiger partial charge in [0.2, 0.25) is 5.91 Å². The molecule has 4 rings (SSSR count). The number of aromatic hydroxyl groups is 1. The number of hydrogen-bond donors (Lipinski definition) is 4. The Morgan fingerprint density at radius 3 is 2.74 bits per heavy atom. The fourth-order valence-electron chi connectivity index (χ4n) is 4.59. The summed E-state index contributed by atoms with van der Waals surface area (Å²) >= 11 is 0. The number of aldehydes is 1. The van der Waals surface area contributed by atoms with Gasteiger partial charge in [-0.25, -0.2) is 4.79 Å². The van der Waals surface area contributed by atoms with Gasteiger partial charge < -0.3 is 25.2 Å². The highest BCUT2D eigenvalue weighted by atomic mass is 16.6. The second-order valence-corrected chi connectivity index (χ2v) is 9.25. The van der Waals surface area contributed by atoms with Gasteiger partial charge in [-0.2, -0.15) is 5.10 Å². The van der Waals surface area contributed by atoms with E-state index in [4.69, 9.17) is 9.47 Å². The lowest BCUT2D eigenvalue weighted by molar-refractivity contribution is -0.117. The number of anilines is 1. The van der Waals surface area contributed by atoms with Gasteiger partial charge in [-0.05, 0) is 57.1 Å². The first kappa shape index (κ1) is 23.6. The number of phenolic OH excluding ortho intramolecular Hbond substituents is 1. The summed E-state index contributed by atoms with van der Waals surface area (Å²) < 4.78 is 10.7. The average Bonchev–Trinajstić information content (AvgIpc) is 3.23. The van der Waals surface area contributed by atoms with Crippen molar-refractivity contribution in [3.05, 3.63) is 35.0 Å². The second kappa shape index (κ2) is 9.74. The zero-order valence-corrected chi connectivity index (χ0v) is 19.5. The van der Waals surface area contributed by atoms with Crippen LogP contribution in [0.3, 0.4) is 0 Å². The molecule has 2 aliphatic rings. The molecule has 0 aliphatic heterocycles. The van der Waals surface area contributed by atoms with Crippen LogP contribution in [-0.4, -0.2) is 52.8 Å². The minimum atomic E-state index is -0.403. The Kier molecular flexibility index (Phi) is 6.76. The van der Waals surface area contributed by atoms with Gasteiger partial charge in [0, 0.05) is 35.7 Å². The molecule has 182 valence electrons. The minimum Gasteiger partial charge on any atom is -0.507 e.